The summed E-state index contributed by atoms with van der Waals surface area (Å²) in [6.45, 7) is 2.22. The lowest BCUT2D eigenvalue weighted by Gasteiger charge is -2.26. The number of carbonyl (C=O) groups excluding carboxylic acids is 1. The molecular formula is C20H18N4O4S. The first-order valence-electron chi connectivity index (χ1n) is 9.24. The monoisotopic (exact) mass is 410 g/mol. The molecule has 1 aliphatic rings. The molecule has 0 atom stereocenters. The number of imidazole rings is 1. The van der Waals surface area contributed by atoms with Crippen LogP contribution in [-0.2, 0) is 9.84 Å². The normalized spacial score (nSPS) is 16.5. The number of hydrogen-bond donors (Lipinski definition) is 0. The minimum absolute atomic E-state index is 0.00213. The molecule has 0 aliphatic carbocycles. The van der Waals surface area contributed by atoms with Crippen LogP contribution in [0.4, 0.5) is 0 Å². The first-order chi connectivity index (χ1) is 13.9. The summed E-state index contributed by atoms with van der Waals surface area (Å²) < 4.78 is 30.6. The Morgan fingerprint density at radius 1 is 1.10 bits per heavy atom. The van der Waals surface area contributed by atoms with E-state index in [2.05, 4.69) is 9.97 Å². The molecular weight excluding hydrogens is 392 g/mol. The van der Waals surface area contributed by atoms with E-state index in [0.29, 0.717) is 17.2 Å². The first-order valence-corrected chi connectivity index (χ1v) is 11.1. The lowest BCUT2D eigenvalue weighted by Crippen LogP contribution is -2.44. The van der Waals surface area contributed by atoms with Crippen LogP contribution < -0.4 is 0 Å². The van der Waals surface area contributed by atoms with Crippen LogP contribution >= 0.6 is 0 Å². The van der Waals surface area contributed by atoms with Crippen LogP contribution in [0.3, 0.4) is 0 Å². The predicted molar refractivity (Wildman–Crippen MR) is 107 cm³/mol. The Morgan fingerprint density at radius 3 is 2.66 bits per heavy atom. The summed E-state index contributed by atoms with van der Waals surface area (Å²) >= 11 is 0. The highest BCUT2D eigenvalue weighted by Crippen LogP contribution is 2.26. The Labute approximate surface area is 166 Å². The third kappa shape index (κ3) is 3.17. The van der Waals surface area contributed by atoms with Crippen LogP contribution in [0.15, 0.2) is 47.1 Å². The third-order valence-corrected chi connectivity index (χ3v) is 6.79. The van der Waals surface area contributed by atoms with E-state index >= 15 is 0 Å². The number of oxazole rings is 1. The van der Waals surface area contributed by atoms with Crippen LogP contribution in [-0.4, -0.2) is 58.2 Å². The SMILES string of the molecule is Cc1nc2cc(-c3ccc4ncc(C(=O)N5CCS(=O)(=O)CC5)n4c3)ccc2o1. The molecule has 1 aliphatic heterocycles. The van der Waals surface area contributed by atoms with E-state index in [4.69, 9.17) is 4.42 Å². The molecule has 0 radical (unpaired) electrons. The zero-order valence-corrected chi connectivity index (χ0v) is 16.5. The van der Waals surface area contributed by atoms with E-state index in [9.17, 15) is 13.2 Å². The van der Waals surface area contributed by atoms with E-state index in [-0.39, 0.29) is 30.5 Å². The maximum absolute atomic E-state index is 13.0. The Morgan fingerprint density at radius 2 is 1.86 bits per heavy atom. The minimum atomic E-state index is -3.05. The number of benzene rings is 1. The topological polar surface area (TPSA) is 97.8 Å². The highest BCUT2D eigenvalue weighted by atomic mass is 32.2. The van der Waals surface area contributed by atoms with Gasteiger partial charge in [0.1, 0.15) is 16.9 Å². The highest BCUT2D eigenvalue weighted by molar-refractivity contribution is 7.91. The molecule has 4 aromatic rings. The zero-order valence-electron chi connectivity index (χ0n) is 15.7. The largest absolute Gasteiger partial charge is 0.441 e. The number of fused-ring (bicyclic) bond motifs is 2. The molecule has 0 saturated carbocycles. The van der Waals surface area contributed by atoms with Gasteiger partial charge in [0.25, 0.3) is 5.91 Å². The van der Waals surface area contributed by atoms with Crippen molar-refractivity contribution in [2.75, 3.05) is 24.6 Å². The summed E-state index contributed by atoms with van der Waals surface area (Å²) in [5, 5.41) is 0. The van der Waals surface area contributed by atoms with Crippen molar-refractivity contribution in [3.63, 3.8) is 0 Å². The molecule has 5 rings (SSSR count). The van der Waals surface area contributed by atoms with Crippen molar-refractivity contribution >= 4 is 32.5 Å². The molecule has 9 heteroatoms. The smallest absolute Gasteiger partial charge is 0.272 e. The Hall–Kier alpha value is -3.20. The van der Waals surface area contributed by atoms with Crippen LogP contribution in [0.5, 0.6) is 0 Å². The Balaban J connectivity index is 1.52. The van der Waals surface area contributed by atoms with Crippen molar-refractivity contribution in [1.29, 1.82) is 0 Å². The number of amides is 1. The lowest BCUT2D eigenvalue weighted by molar-refractivity contribution is 0.0763. The van der Waals surface area contributed by atoms with Gasteiger partial charge >= 0.3 is 0 Å². The zero-order chi connectivity index (χ0) is 20.2. The number of nitrogens with zero attached hydrogens (tertiary/aromatic N) is 4. The summed E-state index contributed by atoms with van der Waals surface area (Å²) in [4.78, 5) is 23.2. The van der Waals surface area contributed by atoms with Gasteiger partial charge in [-0.15, -0.1) is 0 Å². The van der Waals surface area contributed by atoms with Crippen molar-refractivity contribution in [3.8, 4) is 11.1 Å². The predicted octanol–water partition coefficient (Wildman–Crippen LogP) is 2.32. The number of aryl methyl sites for hydroxylation is 1. The second-order valence-corrected chi connectivity index (χ2v) is 9.45. The molecule has 4 heterocycles. The fourth-order valence-electron chi connectivity index (χ4n) is 3.61. The standard InChI is InChI=1S/C20H18N4O4S/c1-13-22-16-10-14(2-4-18(16)28-13)15-3-5-19-21-11-17(24(19)12-15)20(25)23-6-8-29(26,27)9-7-23/h2-5,10-12H,6-9H2,1H3. The molecule has 1 amide bonds. The molecule has 29 heavy (non-hydrogen) atoms. The van der Waals surface area contributed by atoms with Gasteiger partial charge in [-0.2, -0.15) is 0 Å². The molecule has 0 spiro atoms. The second kappa shape index (κ2) is 6.41. The van der Waals surface area contributed by atoms with Gasteiger partial charge in [-0.3, -0.25) is 9.20 Å². The van der Waals surface area contributed by atoms with Crippen molar-refractivity contribution in [2.24, 2.45) is 0 Å². The van der Waals surface area contributed by atoms with E-state index in [0.717, 1.165) is 22.2 Å². The summed E-state index contributed by atoms with van der Waals surface area (Å²) in [5.41, 5.74) is 4.43. The Kier molecular flexibility index (Phi) is 3.95. The summed E-state index contributed by atoms with van der Waals surface area (Å²) in [7, 11) is -3.05. The van der Waals surface area contributed by atoms with Crippen molar-refractivity contribution in [1.82, 2.24) is 19.3 Å². The molecule has 3 aromatic heterocycles. The summed E-state index contributed by atoms with van der Waals surface area (Å²) in [5.74, 6) is 0.390. The van der Waals surface area contributed by atoms with Crippen molar-refractivity contribution in [3.05, 3.63) is 54.3 Å². The summed E-state index contributed by atoms with van der Waals surface area (Å²) in [6, 6.07) is 9.56. The molecule has 0 N–H and O–H groups in total. The van der Waals surface area contributed by atoms with Gasteiger partial charge < -0.3 is 9.32 Å². The second-order valence-electron chi connectivity index (χ2n) is 7.15. The number of aromatic nitrogens is 3. The number of pyridine rings is 1. The van der Waals surface area contributed by atoms with Crippen molar-refractivity contribution in [2.45, 2.75) is 6.92 Å². The molecule has 148 valence electrons. The number of hydrogen-bond acceptors (Lipinski definition) is 6. The number of sulfone groups is 1. The first kappa shape index (κ1) is 17.9. The quantitative estimate of drug-likeness (QED) is 0.503. The van der Waals surface area contributed by atoms with Gasteiger partial charge in [-0.05, 0) is 35.4 Å². The summed E-state index contributed by atoms with van der Waals surface area (Å²) in [6.07, 6.45) is 3.40. The number of carbonyl (C=O) groups is 1. The fourth-order valence-corrected chi connectivity index (χ4v) is 4.81. The molecule has 1 saturated heterocycles. The number of rotatable bonds is 2. The van der Waals surface area contributed by atoms with E-state index < -0.39 is 9.84 Å². The van der Waals surface area contributed by atoms with Crippen LogP contribution in [0.1, 0.15) is 16.4 Å². The maximum Gasteiger partial charge on any atom is 0.272 e. The van der Waals surface area contributed by atoms with Crippen LogP contribution in [0.25, 0.3) is 27.9 Å². The Bertz CT molecular complexity index is 1360. The molecule has 0 bridgehead atoms. The van der Waals surface area contributed by atoms with Gasteiger partial charge in [0.15, 0.2) is 21.3 Å². The maximum atomic E-state index is 13.0. The van der Waals surface area contributed by atoms with Crippen LogP contribution in [0, 0.1) is 6.92 Å². The van der Waals surface area contributed by atoms with Crippen LogP contribution in [0.2, 0.25) is 0 Å². The lowest BCUT2D eigenvalue weighted by atomic mass is 10.1. The molecule has 8 nitrogen and oxygen atoms in total. The van der Waals surface area contributed by atoms with Gasteiger partial charge in [-0.1, -0.05) is 6.07 Å². The van der Waals surface area contributed by atoms with Gasteiger partial charge in [0.2, 0.25) is 0 Å². The highest BCUT2D eigenvalue weighted by Gasteiger charge is 2.27. The van der Waals surface area contributed by atoms with Crippen molar-refractivity contribution < 1.29 is 17.6 Å². The fraction of sp³-hybridized carbons (Fsp3) is 0.250. The molecule has 0 unspecified atom stereocenters. The molecule has 1 fully saturated rings. The molecule has 1 aromatic carbocycles. The van der Waals surface area contributed by atoms with Gasteiger partial charge in [0.05, 0.1) is 17.7 Å². The van der Waals surface area contributed by atoms with Gasteiger partial charge in [0, 0.05) is 26.2 Å². The average Bonchev–Trinajstić information content (AvgIpc) is 3.28. The average molecular weight is 410 g/mol. The third-order valence-electron chi connectivity index (χ3n) is 5.18. The van der Waals surface area contributed by atoms with Gasteiger partial charge in [-0.25, -0.2) is 18.4 Å². The van der Waals surface area contributed by atoms with E-state index in [1.807, 2.05) is 36.5 Å². The van der Waals surface area contributed by atoms with E-state index in [1.165, 1.54) is 6.20 Å². The van der Waals surface area contributed by atoms with E-state index in [1.54, 1.807) is 16.2 Å². The minimum Gasteiger partial charge on any atom is -0.441 e.